The number of carbonyl (C=O) groups excluding carboxylic acids is 1. The zero-order chi connectivity index (χ0) is 10.6. The highest BCUT2D eigenvalue weighted by atomic mass is 32.2. The Morgan fingerprint density at radius 1 is 1.46 bits per heavy atom. The van der Waals surface area contributed by atoms with Gasteiger partial charge in [0.05, 0.1) is 17.0 Å². The highest BCUT2D eigenvalue weighted by molar-refractivity contribution is 7.92. The van der Waals surface area contributed by atoms with E-state index < -0.39 is 27.0 Å². The highest BCUT2D eigenvalue weighted by Crippen LogP contribution is 2.06. The SMILES string of the molecule is CCC(C)S(=O)(=O)CC(N)C(N)=O. The van der Waals surface area contributed by atoms with E-state index in [0.29, 0.717) is 6.42 Å². The van der Waals surface area contributed by atoms with E-state index in [1.807, 2.05) is 0 Å². The fourth-order valence-corrected chi connectivity index (χ4v) is 2.25. The van der Waals surface area contributed by atoms with Gasteiger partial charge in [0.2, 0.25) is 5.91 Å². The summed E-state index contributed by atoms with van der Waals surface area (Å²) in [6, 6.07) is -1.10. The molecule has 5 nitrogen and oxygen atoms in total. The van der Waals surface area contributed by atoms with E-state index in [1.165, 1.54) is 0 Å². The summed E-state index contributed by atoms with van der Waals surface area (Å²) < 4.78 is 22.8. The maximum atomic E-state index is 11.4. The molecule has 78 valence electrons. The first-order chi connectivity index (χ1) is 5.81. The summed E-state index contributed by atoms with van der Waals surface area (Å²) in [6.07, 6.45) is 0.508. The predicted molar refractivity (Wildman–Crippen MR) is 50.7 cm³/mol. The van der Waals surface area contributed by atoms with Gasteiger partial charge in [-0.05, 0) is 13.3 Å². The topological polar surface area (TPSA) is 103 Å². The molecule has 2 atom stereocenters. The summed E-state index contributed by atoms with van der Waals surface area (Å²) in [4.78, 5) is 10.5. The summed E-state index contributed by atoms with van der Waals surface area (Å²) >= 11 is 0. The van der Waals surface area contributed by atoms with Crippen LogP contribution in [0.15, 0.2) is 0 Å². The Bertz CT molecular complexity index is 273. The fraction of sp³-hybridized carbons (Fsp3) is 0.857. The normalized spacial score (nSPS) is 16.5. The Hall–Kier alpha value is -0.620. The first-order valence-electron chi connectivity index (χ1n) is 4.07. The van der Waals surface area contributed by atoms with Crippen molar-refractivity contribution in [1.82, 2.24) is 0 Å². The lowest BCUT2D eigenvalue weighted by Gasteiger charge is -2.12. The quantitative estimate of drug-likeness (QED) is 0.605. The molecule has 0 heterocycles. The summed E-state index contributed by atoms with van der Waals surface area (Å²) in [5.41, 5.74) is 10.1. The molecular formula is C7H16N2O3S. The van der Waals surface area contributed by atoms with Crippen LogP contribution in [-0.4, -0.2) is 31.4 Å². The molecule has 0 aromatic rings. The largest absolute Gasteiger partial charge is 0.368 e. The first kappa shape index (κ1) is 12.4. The molecule has 0 aliphatic carbocycles. The van der Waals surface area contributed by atoms with E-state index in [9.17, 15) is 13.2 Å². The maximum Gasteiger partial charge on any atom is 0.235 e. The van der Waals surface area contributed by atoms with Crippen molar-refractivity contribution in [3.05, 3.63) is 0 Å². The summed E-state index contributed by atoms with van der Waals surface area (Å²) in [6.45, 7) is 3.35. The van der Waals surface area contributed by atoms with Gasteiger partial charge >= 0.3 is 0 Å². The molecule has 0 aliphatic heterocycles. The Morgan fingerprint density at radius 2 is 1.92 bits per heavy atom. The van der Waals surface area contributed by atoms with Crippen LogP contribution in [0, 0.1) is 0 Å². The molecule has 0 bridgehead atoms. The Kier molecular flexibility index (Phi) is 4.35. The van der Waals surface area contributed by atoms with Crippen molar-refractivity contribution in [2.75, 3.05) is 5.75 Å². The molecule has 0 radical (unpaired) electrons. The summed E-state index contributed by atoms with van der Waals surface area (Å²) in [5.74, 6) is -1.15. The highest BCUT2D eigenvalue weighted by Gasteiger charge is 2.24. The van der Waals surface area contributed by atoms with Crippen molar-refractivity contribution in [2.24, 2.45) is 11.5 Å². The molecule has 6 heteroatoms. The number of rotatable bonds is 5. The third-order valence-electron chi connectivity index (χ3n) is 1.97. The molecule has 0 saturated carbocycles. The van der Waals surface area contributed by atoms with Gasteiger partial charge in [0.15, 0.2) is 9.84 Å². The van der Waals surface area contributed by atoms with Gasteiger partial charge in [-0.3, -0.25) is 4.79 Å². The van der Waals surface area contributed by atoms with Crippen molar-refractivity contribution in [3.63, 3.8) is 0 Å². The molecule has 0 fully saturated rings. The molecule has 1 amide bonds. The van der Waals surface area contributed by atoms with Gasteiger partial charge in [-0.1, -0.05) is 6.92 Å². The zero-order valence-corrected chi connectivity index (χ0v) is 8.67. The van der Waals surface area contributed by atoms with E-state index in [2.05, 4.69) is 0 Å². The smallest absolute Gasteiger partial charge is 0.235 e. The van der Waals surface area contributed by atoms with Crippen LogP contribution in [0.25, 0.3) is 0 Å². The average Bonchev–Trinajstić information content (AvgIpc) is 2.01. The van der Waals surface area contributed by atoms with Gasteiger partial charge in [0.25, 0.3) is 0 Å². The van der Waals surface area contributed by atoms with Gasteiger partial charge < -0.3 is 11.5 Å². The molecule has 0 saturated heterocycles. The molecule has 0 aromatic carbocycles. The van der Waals surface area contributed by atoms with E-state index in [4.69, 9.17) is 11.5 Å². The van der Waals surface area contributed by atoms with Gasteiger partial charge in [-0.25, -0.2) is 8.42 Å². The van der Waals surface area contributed by atoms with Crippen molar-refractivity contribution >= 4 is 15.7 Å². The van der Waals surface area contributed by atoms with Gasteiger partial charge in [-0.15, -0.1) is 0 Å². The predicted octanol–water partition coefficient (Wildman–Crippen LogP) is -0.988. The lowest BCUT2D eigenvalue weighted by molar-refractivity contribution is -0.118. The molecule has 2 unspecified atom stereocenters. The van der Waals surface area contributed by atoms with Crippen LogP contribution in [0.2, 0.25) is 0 Å². The van der Waals surface area contributed by atoms with Crippen molar-refractivity contribution in [2.45, 2.75) is 31.6 Å². The lowest BCUT2D eigenvalue weighted by atomic mass is 10.3. The van der Waals surface area contributed by atoms with E-state index in [0.717, 1.165) is 0 Å². The van der Waals surface area contributed by atoms with Crippen LogP contribution < -0.4 is 11.5 Å². The van der Waals surface area contributed by atoms with Gasteiger partial charge in [0.1, 0.15) is 0 Å². The average molecular weight is 208 g/mol. The zero-order valence-electron chi connectivity index (χ0n) is 7.86. The monoisotopic (exact) mass is 208 g/mol. The molecule has 13 heavy (non-hydrogen) atoms. The first-order valence-corrected chi connectivity index (χ1v) is 5.79. The Balaban J connectivity index is 4.43. The second-order valence-electron chi connectivity index (χ2n) is 3.06. The number of nitrogens with two attached hydrogens (primary N) is 2. The molecule has 4 N–H and O–H groups in total. The molecule has 0 aliphatic rings. The summed E-state index contributed by atoms with van der Waals surface area (Å²) in [5, 5.41) is -0.474. The van der Waals surface area contributed by atoms with E-state index in [1.54, 1.807) is 13.8 Å². The van der Waals surface area contributed by atoms with Crippen molar-refractivity contribution in [3.8, 4) is 0 Å². The van der Waals surface area contributed by atoms with Crippen LogP contribution in [0.5, 0.6) is 0 Å². The molecular weight excluding hydrogens is 192 g/mol. The van der Waals surface area contributed by atoms with E-state index >= 15 is 0 Å². The number of amides is 1. The third kappa shape index (κ3) is 3.73. The Morgan fingerprint density at radius 3 is 2.23 bits per heavy atom. The molecule has 0 rings (SSSR count). The minimum Gasteiger partial charge on any atom is -0.368 e. The second kappa shape index (κ2) is 4.57. The standard InChI is InChI=1S/C7H16N2O3S/c1-3-5(2)13(11,12)4-6(8)7(9)10/h5-6H,3-4,8H2,1-2H3,(H2,9,10). The van der Waals surface area contributed by atoms with Crippen LogP contribution in [0.3, 0.4) is 0 Å². The third-order valence-corrected chi connectivity index (χ3v) is 4.35. The molecule has 0 aromatic heterocycles. The van der Waals surface area contributed by atoms with Crippen molar-refractivity contribution in [1.29, 1.82) is 0 Å². The Labute approximate surface area is 78.4 Å². The minimum absolute atomic E-state index is 0.364. The van der Waals surface area contributed by atoms with Crippen LogP contribution in [0.1, 0.15) is 20.3 Å². The van der Waals surface area contributed by atoms with Crippen molar-refractivity contribution < 1.29 is 13.2 Å². The number of carbonyl (C=O) groups is 1. The number of hydrogen-bond acceptors (Lipinski definition) is 4. The maximum absolute atomic E-state index is 11.4. The van der Waals surface area contributed by atoms with E-state index in [-0.39, 0.29) is 5.75 Å². The molecule has 0 spiro atoms. The number of sulfone groups is 1. The van der Waals surface area contributed by atoms with Crippen LogP contribution in [-0.2, 0) is 14.6 Å². The lowest BCUT2D eigenvalue weighted by Crippen LogP contribution is -2.43. The van der Waals surface area contributed by atoms with Gasteiger partial charge in [-0.2, -0.15) is 0 Å². The number of hydrogen-bond donors (Lipinski definition) is 2. The van der Waals surface area contributed by atoms with Crippen LogP contribution >= 0.6 is 0 Å². The van der Waals surface area contributed by atoms with Gasteiger partial charge in [0, 0.05) is 0 Å². The minimum atomic E-state index is -3.28. The fourth-order valence-electron chi connectivity index (χ4n) is 0.751. The van der Waals surface area contributed by atoms with Crippen LogP contribution in [0.4, 0.5) is 0 Å². The summed E-state index contributed by atoms with van der Waals surface area (Å²) in [7, 11) is -3.28. The second-order valence-corrected chi connectivity index (χ2v) is 5.52. The number of primary amides is 1.